The molecule has 1 rings (SSSR count). The summed E-state index contributed by atoms with van der Waals surface area (Å²) in [4.78, 5) is 125. The fraction of sp³-hybridized carbons (Fsp3) is 0.812. The predicted octanol–water partition coefficient (Wildman–Crippen LogP) is -1.83. The molecule has 1 aliphatic rings. The lowest BCUT2D eigenvalue weighted by Gasteiger charge is -2.29. The van der Waals surface area contributed by atoms with Crippen molar-refractivity contribution in [3.63, 3.8) is 0 Å². The third-order valence-corrected chi connectivity index (χ3v) is 12.0. The summed E-state index contributed by atoms with van der Waals surface area (Å²) in [7, 11) is 0. The van der Waals surface area contributed by atoms with Gasteiger partial charge >= 0.3 is 0 Å². The number of nitrogens with two attached hydrogens (primary N) is 4. The van der Waals surface area contributed by atoms with Gasteiger partial charge in [0.1, 0.15) is 48.3 Å². The first kappa shape index (κ1) is 64.0. The van der Waals surface area contributed by atoms with E-state index in [9.17, 15) is 48.3 Å². The molecule has 23 nitrogen and oxygen atoms in total. The van der Waals surface area contributed by atoms with Crippen LogP contribution in [-0.2, 0) is 43.2 Å². The third kappa shape index (κ3) is 25.8. The van der Waals surface area contributed by atoms with Crippen molar-refractivity contribution in [1.82, 2.24) is 47.9 Å². The Bertz CT molecular complexity index is 1670. The minimum atomic E-state index is -1.59. The minimum absolute atomic E-state index is 0.0106. The Kier molecular flexibility index (Phi) is 32.5. The highest BCUT2D eigenvalue weighted by Crippen LogP contribution is 2.13. The molecule has 18 N–H and O–H groups in total. The predicted molar refractivity (Wildman–Crippen MR) is 270 cm³/mol. The van der Waals surface area contributed by atoms with E-state index in [1.54, 1.807) is 0 Å². The number of aliphatic hydroxyl groups is 1. The third-order valence-electron chi connectivity index (χ3n) is 12.0. The molecule has 1 saturated heterocycles. The monoisotopic (exact) mass is 1010 g/mol. The fourth-order valence-corrected chi connectivity index (χ4v) is 7.99. The van der Waals surface area contributed by atoms with Crippen LogP contribution in [-0.4, -0.2) is 145 Å². The fourth-order valence-electron chi connectivity index (χ4n) is 7.99. The Morgan fingerprint density at radius 3 is 1.51 bits per heavy atom. The molecule has 23 heteroatoms. The molecule has 0 aromatic carbocycles. The van der Waals surface area contributed by atoms with Crippen LogP contribution < -0.4 is 70.8 Å². The molecular weight excluding hydrogens is 919 g/mol. The first-order chi connectivity index (χ1) is 33.7. The zero-order valence-electron chi connectivity index (χ0n) is 43.3. The van der Waals surface area contributed by atoms with Gasteiger partial charge in [0.25, 0.3) is 0 Å². The van der Waals surface area contributed by atoms with Gasteiger partial charge in [0.05, 0.1) is 6.10 Å². The van der Waals surface area contributed by atoms with Crippen LogP contribution in [0.25, 0.3) is 0 Å². The summed E-state index contributed by atoms with van der Waals surface area (Å²) in [5.74, 6) is -7.00. The van der Waals surface area contributed by atoms with Crippen LogP contribution >= 0.6 is 0 Å². The van der Waals surface area contributed by atoms with Gasteiger partial charge in [-0.1, -0.05) is 73.1 Å². The van der Waals surface area contributed by atoms with Crippen molar-refractivity contribution < 1.29 is 48.3 Å². The van der Waals surface area contributed by atoms with Gasteiger partial charge in [0, 0.05) is 13.0 Å². The topological polar surface area (TPSA) is 386 Å². The second-order valence-electron chi connectivity index (χ2n) is 19.4. The Balaban J connectivity index is 3.82. The highest BCUT2D eigenvalue weighted by Gasteiger charge is 2.36. The Hall–Kier alpha value is -4.97. The van der Waals surface area contributed by atoms with Crippen molar-refractivity contribution in [2.45, 2.75) is 205 Å². The average molecular weight is 1010 g/mol. The van der Waals surface area contributed by atoms with E-state index in [-0.39, 0.29) is 102 Å². The number of unbranched alkanes of at least 4 members (excludes halogenated alkanes) is 7. The first-order valence-corrected chi connectivity index (χ1v) is 25.9. The summed E-state index contributed by atoms with van der Waals surface area (Å²) in [6.07, 6.45) is 6.33. The molecule has 0 aromatic heterocycles. The molecule has 0 bridgehead atoms. The Morgan fingerprint density at radius 2 is 1.03 bits per heavy atom. The van der Waals surface area contributed by atoms with Crippen LogP contribution in [0.4, 0.5) is 0 Å². The normalized spacial score (nSPS) is 23.6. The molecular formula is C48H91N13O10. The highest BCUT2D eigenvalue weighted by molar-refractivity contribution is 5.98. The Labute approximate surface area is 420 Å². The highest BCUT2D eigenvalue weighted by atomic mass is 16.3. The zero-order valence-corrected chi connectivity index (χ0v) is 43.3. The first-order valence-electron chi connectivity index (χ1n) is 25.9. The summed E-state index contributed by atoms with van der Waals surface area (Å²) >= 11 is 0. The number of rotatable bonds is 26. The van der Waals surface area contributed by atoms with E-state index in [0.717, 1.165) is 38.5 Å². The van der Waals surface area contributed by atoms with Gasteiger partial charge in [0.15, 0.2) is 0 Å². The number of nitrogens with one attached hydrogen (secondary N) is 9. The van der Waals surface area contributed by atoms with E-state index < -0.39 is 102 Å². The van der Waals surface area contributed by atoms with Crippen molar-refractivity contribution in [3.8, 4) is 0 Å². The van der Waals surface area contributed by atoms with E-state index in [0.29, 0.717) is 19.3 Å². The average Bonchev–Trinajstić information content (AvgIpc) is 3.30. The number of hydrogen-bond acceptors (Lipinski definition) is 14. The molecule has 0 radical (unpaired) electrons. The quantitative estimate of drug-likeness (QED) is 0.0425. The molecule has 1 aliphatic heterocycles. The van der Waals surface area contributed by atoms with Crippen molar-refractivity contribution in [3.05, 3.63) is 0 Å². The van der Waals surface area contributed by atoms with Crippen LogP contribution in [0.1, 0.15) is 151 Å². The molecule has 1 heterocycles. The molecule has 9 atom stereocenters. The number of aliphatic hydroxyl groups excluding tert-OH is 1. The van der Waals surface area contributed by atoms with Crippen LogP contribution in [0.3, 0.4) is 0 Å². The van der Waals surface area contributed by atoms with Gasteiger partial charge in [-0.25, -0.2) is 0 Å². The van der Waals surface area contributed by atoms with Gasteiger partial charge in [-0.2, -0.15) is 0 Å². The maximum Gasteiger partial charge on any atom is 0.245 e. The van der Waals surface area contributed by atoms with Crippen LogP contribution in [0.15, 0.2) is 0 Å². The van der Waals surface area contributed by atoms with Gasteiger partial charge in [-0.05, 0) is 109 Å². The van der Waals surface area contributed by atoms with E-state index in [1.165, 1.54) is 6.92 Å². The number of hydrogen-bond donors (Lipinski definition) is 14. The van der Waals surface area contributed by atoms with E-state index in [4.69, 9.17) is 22.9 Å². The maximum absolute atomic E-state index is 14.4. The second-order valence-corrected chi connectivity index (χ2v) is 19.4. The van der Waals surface area contributed by atoms with Crippen LogP contribution in [0.2, 0.25) is 0 Å². The lowest BCUT2D eigenvalue weighted by Crippen LogP contribution is -2.61. The number of carbonyl (C=O) groups is 9. The largest absolute Gasteiger partial charge is 0.391 e. The molecule has 0 saturated carbocycles. The van der Waals surface area contributed by atoms with Gasteiger partial charge in [0.2, 0.25) is 53.2 Å². The van der Waals surface area contributed by atoms with Crippen LogP contribution in [0.5, 0.6) is 0 Å². The SMILES string of the molecule is CCCCCCCCCC(=O)N[C@H](CCN)C(=O)N[C@H]1CCNC(=O)[C@H]([C@@H](C)O)NC(=O)[C@H](CCN)NC(=O)[C@H](CCN)NC(=O)[C@H](CC(C)C)NC(=O)[C@@H](CC(C)C)NC(=O)[C@H](CCCCN)NC1=O. The standard InChI is InChI=1S/C48H91N13O10/c1-7-8-9-10-11-12-13-17-39(63)54-33(18-23-50)42(65)58-36-21-26-53-48(71)40(31(6)62)61-45(68)35(20-25-52)56-43(66)34(19-24-51)57-46(69)37(27-29(2)3)60-47(70)38(28-30(4)5)59-41(64)32(55-44(36)67)16-14-15-22-49/h29-38,40,62H,7-28,49-52H2,1-6H3,(H,53,71)(H,54,63)(H,55,67)(H,56,66)(H,57,69)(H,58,65)(H,59,64)(H,60,70)(H,61,68)/t31-,32+,33-,34+,35+,36+,37+,38-,40+/m1/s1. The minimum Gasteiger partial charge on any atom is -0.391 e. The summed E-state index contributed by atoms with van der Waals surface area (Å²) < 4.78 is 0. The lowest BCUT2D eigenvalue weighted by atomic mass is 9.99. The van der Waals surface area contributed by atoms with Gasteiger partial charge < -0.3 is 75.9 Å². The van der Waals surface area contributed by atoms with Crippen molar-refractivity contribution in [2.75, 3.05) is 32.7 Å². The number of carbonyl (C=O) groups excluding carboxylic acids is 9. The lowest BCUT2D eigenvalue weighted by molar-refractivity contribution is -0.136. The van der Waals surface area contributed by atoms with Crippen molar-refractivity contribution >= 4 is 53.2 Å². The summed E-state index contributed by atoms with van der Waals surface area (Å²) in [5.41, 5.74) is 23.3. The van der Waals surface area contributed by atoms with Gasteiger partial charge in [-0.15, -0.1) is 0 Å². The van der Waals surface area contributed by atoms with Gasteiger partial charge in [-0.3, -0.25) is 43.2 Å². The molecule has 9 amide bonds. The Morgan fingerprint density at radius 1 is 0.563 bits per heavy atom. The smallest absolute Gasteiger partial charge is 0.245 e. The maximum atomic E-state index is 14.4. The van der Waals surface area contributed by atoms with E-state index in [1.807, 2.05) is 27.7 Å². The van der Waals surface area contributed by atoms with Crippen molar-refractivity contribution in [1.29, 1.82) is 0 Å². The summed E-state index contributed by atoms with van der Waals surface area (Å²) in [6.45, 7) is 10.5. The molecule has 0 spiro atoms. The molecule has 408 valence electrons. The van der Waals surface area contributed by atoms with Crippen molar-refractivity contribution in [2.24, 2.45) is 34.8 Å². The summed E-state index contributed by atoms with van der Waals surface area (Å²) in [6, 6.07) is -10.5. The number of amides is 9. The molecule has 0 aliphatic carbocycles. The van der Waals surface area contributed by atoms with Crippen LogP contribution in [0, 0.1) is 11.8 Å². The van der Waals surface area contributed by atoms with E-state index in [2.05, 4.69) is 54.8 Å². The summed E-state index contributed by atoms with van der Waals surface area (Å²) in [5, 5.41) is 34.6. The molecule has 0 unspecified atom stereocenters. The van der Waals surface area contributed by atoms with E-state index >= 15 is 0 Å². The zero-order chi connectivity index (χ0) is 53.5. The molecule has 1 fully saturated rings. The second kappa shape index (κ2) is 36.0. The molecule has 71 heavy (non-hydrogen) atoms. The molecule has 0 aromatic rings.